The predicted octanol–water partition coefficient (Wildman–Crippen LogP) is 4.42. The molecule has 1 atom stereocenters. The molecule has 35 heavy (non-hydrogen) atoms. The van der Waals surface area contributed by atoms with Crippen LogP contribution in [-0.4, -0.2) is 44.5 Å². The maximum atomic E-state index is 14.9. The smallest absolute Gasteiger partial charge is 0.137 e. The van der Waals surface area contributed by atoms with Gasteiger partial charge >= 0.3 is 0 Å². The fourth-order valence-corrected chi connectivity index (χ4v) is 4.09. The lowest BCUT2D eigenvalue weighted by Crippen LogP contribution is -2.45. The SMILES string of the molecule is OC(CN(CCCOc1ccccc1)Cc1ccccc1)(Cn1cncn1)c1ccc(F)cc1F. The molecule has 0 aliphatic rings. The molecule has 3 aromatic carbocycles. The van der Waals surface area contributed by atoms with E-state index in [9.17, 15) is 13.9 Å². The number of hydrogen-bond acceptors (Lipinski definition) is 5. The summed E-state index contributed by atoms with van der Waals surface area (Å²) < 4.78 is 35.8. The van der Waals surface area contributed by atoms with E-state index in [1.807, 2.05) is 65.6 Å². The molecule has 0 saturated heterocycles. The zero-order chi connectivity index (χ0) is 24.5. The van der Waals surface area contributed by atoms with E-state index in [1.54, 1.807) is 0 Å². The Labute approximate surface area is 203 Å². The Hall–Kier alpha value is -3.62. The summed E-state index contributed by atoms with van der Waals surface area (Å²) in [5.74, 6) is -0.716. The van der Waals surface area contributed by atoms with Crippen LogP contribution in [0.2, 0.25) is 0 Å². The van der Waals surface area contributed by atoms with Crippen molar-refractivity contribution in [1.29, 1.82) is 0 Å². The molecule has 0 fully saturated rings. The Morgan fingerprint density at radius 1 is 0.971 bits per heavy atom. The summed E-state index contributed by atoms with van der Waals surface area (Å²) in [6, 6.07) is 22.6. The maximum absolute atomic E-state index is 14.9. The van der Waals surface area contributed by atoms with Gasteiger partial charge in [-0.25, -0.2) is 18.4 Å². The molecule has 4 rings (SSSR count). The lowest BCUT2D eigenvalue weighted by molar-refractivity contribution is -0.0245. The van der Waals surface area contributed by atoms with Gasteiger partial charge in [0.2, 0.25) is 0 Å². The number of nitrogens with zero attached hydrogens (tertiary/aromatic N) is 4. The van der Waals surface area contributed by atoms with Crippen molar-refractivity contribution in [3.05, 3.63) is 114 Å². The highest BCUT2D eigenvalue weighted by atomic mass is 19.1. The fourth-order valence-electron chi connectivity index (χ4n) is 4.09. The van der Waals surface area contributed by atoms with Crippen molar-refractivity contribution < 1.29 is 18.6 Å². The highest BCUT2D eigenvalue weighted by Gasteiger charge is 2.35. The van der Waals surface area contributed by atoms with Crippen LogP contribution in [0.15, 0.2) is 91.5 Å². The summed E-state index contributed by atoms with van der Waals surface area (Å²) in [7, 11) is 0. The lowest BCUT2D eigenvalue weighted by Gasteiger charge is -2.35. The summed E-state index contributed by atoms with van der Waals surface area (Å²) >= 11 is 0. The third-order valence-corrected chi connectivity index (χ3v) is 5.69. The average Bonchev–Trinajstić information content (AvgIpc) is 3.35. The second-order valence-electron chi connectivity index (χ2n) is 8.46. The molecule has 1 aromatic heterocycles. The van der Waals surface area contributed by atoms with Gasteiger partial charge in [-0.15, -0.1) is 0 Å². The second-order valence-corrected chi connectivity index (χ2v) is 8.46. The summed E-state index contributed by atoms with van der Waals surface area (Å²) in [6.07, 6.45) is 3.50. The molecule has 0 saturated carbocycles. The first-order chi connectivity index (χ1) is 17.0. The van der Waals surface area contributed by atoms with Crippen molar-refractivity contribution in [3.63, 3.8) is 0 Å². The van der Waals surface area contributed by atoms with Crippen molar-refractivity contribution in [3.8, 4) is 5.75 Å². The average molecular weight is 479 g/mol. The first kappa shape index (κ1) is 24.5. The van der Waals surface area contributed by atoms with Gasteiger partial charge < -0.3 is 9.84 Å². The molecule has 8 heteroatoms. The van der Waals surface area contributed by atoms with E-state index in [1.165, 1.54) is 23.4 Å². The number of hydrogen-bond donors (Lipinski definition) is 1. The molecule has 182 valence electrons. The third kappa shape index (κ3) is 6.94. The van der Waals surface area contributed by atoms with Gasteiger partial charge in [-0.1, -0.05) is 54.6 Å². The van der Waals surface area contributed by atoms with Gasteiger partial charge in [0, 0.05) is 31.3 Å². The molecule has 0 aliphatic heterocycles. The van der Waals surface area contributed by atoms with Crippen molar-refractivity contribution in [2.24, 2.45) is 0 Å². The summed E-state index contributed by atoms with van der Waals surface area (Å²) in [4.78, 5) is 5.97. The number of benzene rings is 3. The van der Waals surface area contributed by atoms with Gasteiger partial charge in [-0.05, 0) is 30.2 Å². The van der Waals surface area contributed by atoms with Crippen molar-refractivity contribution >= 4 is 0 Å². The van der Waals surface area contributed by atoms with Crippen LogP contribution < -0.4 is 4.74 Å². The normalized spacial score (nSPS) is 13.0. The number of aliphatic hydroxyl groups is 1. The van der Waals surface area contributed by atoms with E-state index in [0.717, 1.165) is 23.4 Å². The monoisotopic (exact) mass is 478 g/mol. The van der Waals surface area contributed by atoms with Crippen LogP contribution >= 0.6 is 0 Å². The quantitative estimate of drug-likeness (QED) is 0.306. The van der Waals surface area contributed by atoms with Gasteiger partial charge in [0.1, 0.15) is 35.6 Å². The topological polar surface area (TPSA) is 63.4 Å². The molecular weight excluding hydrogens is 450 g/mol. The zero-order valence-corrected chi connectivity index (χ0v) is 19.3. The van der Waals surface area contributed by atoms with Gasteiger partial charge in [-0.3, -0.25) is 4.90 Å². The molecule has 0 aliphatic carbocycles. The van der Waals surface area contributed by atoms with E-state index >= 15 is 0 Å². The predicted molar refractivity (Wildman–Crippen MR) is 129 cm³/mol. The molecule has 4 aromatic rings. The van der Waals surface area contributed by atoms with E-state index in [-0.39, 0.29) is 18.7 Å². The van der Waals surface area contributed by atoms with Gasteiger partial charge in [0.25, 0.3) is 0 Å². The lowest BCUT2D eigenvalue weighted by atomic mass is 9.92. The molecule has 0 bridgehead atoms. The Morgan fingerprint density at radius 2 is 1.71 bits per heavy atom. The Bertz CT molecular complexity index is 1180. The zero-order valence-electron chi connectivity index (χ0n) is 19.3. The Balaban J connectivity index is 1.54. The first-order valence-corrected chi connectivity index (χ1v) is 11.5. The van der Waals surface area contributed by atoms with E-state index in [0.29, 0.717) is 26.1 Å². The number of para-hydroxylation sites is 1. The van der Waals surface area contributed by atoms with Gasteiger partial charge in [0.05, 0.1) is 13.2 Å². The third-order valence-electron chi connectivity index (χ3n) is 5.69. The number of aromatic nitrogens is 3. The molecule has 1 heterocycles. The molecule has 0 radical (unpaired) electrons. The second kappa shape index (κ2) is 11.7. The van der Waals surface area contributed by atoms with Crippen LogP contribution in [-0.2, 0) is 18.7 Å². The highest BCUT2D eigenvalue weighted by Crippen LogP contribution is 2.28. The summed E-state index contributed by atoms with van der Waals surface area (Å²) in [5.41, 5.74) is -0.618. The molecule has 6 nitrogen and oxygen atoms in total. The Morgan fingerprint density at radius 3 is 2.40 bits per heavy atom. The highest BCUT2D eigenvalue weighted by molar-refractivity contribution is 5.26. The van der Waals surface area contributed by atoms with Crippen LogP contribution in [0.5, 0.6) is 5.75 Å². The van der Waals surface area contributed by atoms with Gasteiger partial charge in [0.15, 0.2) is 0 Å². The van der Waals surface area contributed by atoms with E-state index in [2.05, 4.69) is 10.1 Å². The fraction of sp³-hybridized carbons (Fsp3) is 0.259. The van der Waals surface area contributed by atoms with Gasteiger partial charge in [-0.2, -0.15) is 5.10 Å². The van der Waals surface area contributed by atoms with Crippen LogP contribution in [0.25, 0.3) is 0 Å². The van der Waals surface area contributed by atoms with Crippen LogP contribution in [0, 0.1) is 11.6 Å². The van der Waals surface area contributed by atoms with Crippen LogP contribution in [0.4, 0.5) is 8.78 Å². The number of halogens is 2. The molecule has 0 spiro atoms. The van der Waals surface area contributed by atoms with Crippen LogP contribution in [0.3, 0.4) is 0 Å². The minimum atomic E-state index is -1.68. The minimum absolute atomic E-state index is 0.00740. The van der Waals surface area contributed by atoms with Crippen molar-refractivity contribution in [2.45, 2.75) is 25.1 Å². The number of ether oxygens (including phenoxy) is 1. The molecule has 1 N–H and O–H groups in total. The summed E-state index contributed by atoms with van der Waals surface area (Å²) in [5, 5.41) is 15.9. The maximum Gasteiger partial charge on any atom is 0.137 e. The standard InChI is InChI=1S/C27H28F2N4O2/c28-23-12-13-25(26(29)16-23)27(34,19-33-21-30-20-31-33)18-32(17-22-8-3-1-4-9-22)14-7-15-35-24-10-5-2-6-11-24/h1-6,8-13,16,20-21,34H,7,14-15,17-19H2. The summed E-state index contributed by atoms with van der Waals surface area (Å²) in [6.45, 7) is 1.66. The molecular formula is C27H28F2N4O2. The molecule has 0 amide bonds. The van der Waals surface area contributed by atoms with Crippen molar-refractivity contribution in [1.82, 2.24) is 19.7 Å². The minimum Gasteiger partial charge on any atom is -0.494 e. The van der Waals surface area contributed by atoms with Crippen LogP contribution in [0.1, 0.15) is 17.5 Å². The largest absolute Gasteiger partial charge is 0.494 e. The Kier molecular flexibility index (Phi) is 8.18. The van der Waals surface area contributed by atoms with E-state index in [4.69, 9.17) is 4.74 Å². The number of rotatable bonds is 12. The van der Waals surface area contributed by atoms with E-state index < -0.39 is 17.2 Å². The molecule has 1 unspecified atom stereocenters. The van der Waals surface area contributed by atoms with Crippen molar-refractivity contribution in [2.75, 3.05) is 19.7 Å². The first-order valence-electron chi connectivity index (χ1n) is 11.5.